The van der Waals surface area contributed by atoms with Crippen molar-refractivity contribution in [1.82, 2.24) is 9.97 Å². The Balaban J connectivity index is 2.24. The second-order valence-corrected chi connectivity index (χ2v) is 3.27. The predicted octanol–water partition coefficient (Wildman–Crippen LogP) is 0.728. The number of H-pyrrole nitrogens is 1. The maximum atomic E-state index is 11.7. The Kier molecular flexibility index (Phi) is 2.87. The van der Waals surface area contributed by atoms with Crippen molar-refractivity contribution >= 4 is 11.7 Å². The zero-order chi connectivity index (χ0) is 12.3. The second kappa shape index (κ2) is 4.48. The molecule has 0 radical (unpaired) electrons. The minimum Gasteiger partial charge on any atom is -0.507 e. The van der Waals surface area contributed by atoms with Gasteiger partial charge in [-0.15, -0.1) is 0 Å². The maximum Gasteiger partial charge on any atom is 0.262 e. The molecule has 0 spiro atoms. The van der Waals surface area contributed by atoms with Crippen LogP contribution in [-0.4, -0.2) is 21.0 Å². The molecule has 0 fully saturated rings. The molecule has 2 heterocycles. The van der Waals surface area contributed by atoms with Crippen LogP contribution in [0.1, 0.15) is 10.4 Å². The zero-order valence-electron chi connectivity index (χ0n) is 8.68. The smallest absolute Gasteiger partial charge is 0.262 e. The molecule has 6 heteroatoms. The molecule has 0 saturated carbocycles. The van der Waals surface area contributed by atoms with E-state index in [2.05, 4.69) is 15.3 Å². The van der Waals surface area contributed by atoms with Gasteiger partial charge in [0.2, 0.25) is 0 Å². The summed E-state index contributed by atoms with van der Waals surface area (Å²) in [5, 5.41) is 11.9. The largest absolute Gasteiger partial charge is 0.507 e. The summed E-state index contributed by atoms with van der Waals surface area (Å²) in [7, 11) is 0. The molecule has 0 aliphatic heterocycles. The van der Waals surface area contributed by atoms with Crippen LogP contribution in [0, 0.1) is 0 Å². The van der Waals surface area contributed by atoms with Crippen LogP contribution in [0.25, 0.3) is 0 Å². The summed E-state index contributed by atoms with van der Waals surface area (Å²) in [5.74, 6) is -0.553. The molecule has 17 heavy (non-hydrogen) atoms. The molecule has 0 aliphatic carbocycles. The fourth-order valence-electron chi connectivity index (χ4n) is 1.26. The van der Waals surface area contributed by atoms with Crippen LogP contribution in [0.3, 0.4) is 0 Å². The summed E-state index contributed by atoms with van der Waals surface area (Å²) in [6.45, 7) is 0. The second-order valence-electron chi connectivity index (χ2n) is 3.27. The summed E-state index contributed by atoms with van der Waals surface area (Å²) in [6.07, 6.45) is 2.68. The summed E-state index contributed by atoms with van der Waals surface area (Å²) in [5.41, 5.74) is -0.493. The molecule has 0 aliphatic rings. The van der Waals surface area contributed by atoms with Gasteiger partial charge in [0.1, 0.15) is 11.6 Å². The predicted molar refractivity (Wildman–Crippen MR) is 60.9 cm³/mol. The molecule has 0 saturated heterocycles. The Morgan fingerprint density at radius 2 is 2.24 bits per heavy atom. The fourth-order valence-corrected chi connectivity index (χ4v) is 1.26. The van der Waals surface area contributed by atoms with Gasteiger partial charge >= 0.3 is 0 Å². The minimum absolute atomic E-state index is 0.0183. The Morgan fingerprint density at radius 3 is 2.88 bits per heavy atom. The van der Waals surface area contributed by atoms with E-state index in [4.69, 9.17) is 0 Å². The Bertz CT molecular complexity index is 592. The average Bonchev–Trinajstić information content (AvgIpc) is 2.30. The van der Waals surface area contributed by atoms with Gasteiger partial charge in [0.05, 0.1) is 5.56 Å². The summed E-state index contributed by atoms with van der Waals surface area (Å²) in [4.78, 5) is 28.8. The number of hydrogen-bond donors (Lipinski definition) is 3. The van der Waals surface area contributed by atoms with E-state index >= 15 is 0 Å². The lowest BCUT2D eigenvalue weighted by molar-refractivity contribution is 0.102. The van der Waals surface area contributed by atoms with E-state index in [1.165, 1.54) is 6.20 Å². The number of carbonyl (C=O) groups is 1. The van der Waals surface area contributed by atoms with Gasteiger partial charge in [0.25, 0.3) is 11.5 Å². The lowest BCUT2D eigenvalue weighted by Gasteiger charge is -2.04. The van der Waals surface area contributed by atoms with Crippen molar-refractivity contribution in [2.75, 3.05) is 5.32 Å². The first-order valence-corrected chi connectivity index (χ1v) is 4.81. The van der Waals surface area contributed by atoms with E-state index < -0.39 is 11.5 Å². The monoisotopic (exact) mass is 231 g/mol. The molecule has 0 aromatic carbocycles. The van der Waals surface area contributed by atoms with E-state index in [0.29, 0.717) is 5.82 Å². The third kappa shape index (κ3) is 2.49. The normalized spacial score (nSPS) is 9.88. The van der Waals surface area contributed by atoms with Crippen LogP contribution in [0.4, 0.5) is 5.82 Å². The highest BCUT2D eigenvalue weighted by Crippen LogP contribution is 2.13. The number of aromatic nitrogens is 2. The highest BCUT2D eigenvalue weighted by Gasteiger charge is 2.11. The zero-order valence-corrected chi connectivity index (χ0v) is 8.68. The topological polar surface area (TPSA) is 95.1 Å². The standard InChI is InChI=1S/C11H9N3O3/c15-8-5-10(16)13-6-7(8)11(17)14-9-3-1-2-4-12-9/h1-6H,(H,12,14,17)(H2,13,15,16). The molecule has 2 aromatic heterocycles. The number of amides is 1. The minimum atomic E-state index is -0.544. The van der Waals surface area contributed by atoms with Gasteiger partial charge in [-0.25, -0.2) is 4.98 Å². The Hall–Kier alpha value is -2.63. The van der Waals surface area contributed by atoms with Crippen molar-refractivity contribution in [3.8, 4) is 5.75 Å². The van der Waals surface area contributed by atoms with Crippen molar-refractivity contribution in [3.63, 3.8) is 0 Å². The molecule has 2 rings (SSSR count). The number of pyridine rings is 2. The van der Waals surface area contributed by atoms with Crippen molar-refractivity contribution in [2.24, 2.45) is 0 Å². The maximum absolute atomic E-state index is 11.7. The van der Waals surface area contributed by atoms with Crippen molar-refractivity contribution in [1.29, 1.82) is 0 Å². The lowest BCUT2D eigenvalue weighted by atomic mass is 10.2. The number of hydrogen-bond acceptors (Lipinski definition) is 4. The summed E-state index contributed by atoms with van der Waals surface area (Å²) in [6, 6.07) is 5.98. The van der Waals surface area contributed by atoms with Crippen LogP contribution in [0.5, 0.6) is 5.75 Å². The van der Waals surface area contributed by atoms with Crippen molar-refractivity contribution in [3.05, 3.63) is 52.6 Å². The molecule has 0 atom stereocenters. The molecule has 86 valence electrons. The van der Waals surface area contributed by atoms with Crippen LogP contribution < -0.4 is 10.9 Å². The van der Waals surface area contributed by atoms with E-state index in [-0.39, 0.29) is 11.3 Å². The van der Waals surface area contributed by atoms with E-state index in [1.807, 2.05) is 0 Å². The SMILES string of the molecule is O=C(Nc1ccccn1)c1c[nH]c(=O)cc1O. The van der Waals surface area contributed by atoms with Gasteiger partial charge in [0.15, 0.2) is 0 Å². The number of nitrogens with zero attached hydrogens (tertiary/aromatic N) is 1. The highest BCUT2D eigenvalue weighted by atomic mass is 16.3. The molecule has 2 aromatic rings. The molecular formula is C11H9N3O3. The fraction of sp³-hybridized carbons (Fsp3) is 0. The van der Waals surface area contributed by atoms with Gasteiger partial charge in [-0.3, -0.25) is 9.59 Å². The van der Waals surface area contributed by atoms with E-state index in [9.17, 15) is 14.7 Å². The summed E-state index contributed by atoms with van der Waals surface area (Å²) >= 11 is 0. The van der Waals surface area contributed by atoms with Crippen molar-refractivity contribution < 1.29 is 9.90 Å². The van der Waals surface area contributed by atoms with Gasteiger partial charge < -0.3 is 15.4 Å². The van der Waals surface area contributed by atoms with Crippen LogP contribution in [-0.2, 0) is 0 Å². The van der Waals surface area contributed by atoms with Crippen LogP contribution in [0.2, 0.25) is 0 Å². The van der Waals surface area contributed by atoms with Gasteiger partial charge in [-0.2, -0.15) is 0 Å². The quantitative estimate of drug-likeness (QED) is 0.709. The third-order valence-electron chi connectivity index (χ3n) is 2.05. The first kappa shape index (κ1) is 10.9. The number of aromatic amines is 1. The number of anilines is 1. The number of rotatable bonds is 2. The van der Waals surface area contributed by atoms with Gasteiger partial charge in [0, 0.05) is 18.5 Å². The van der Waals surface area contributed by atoms with Gasteiger partial charge in [-0.05, 0) is 12.1 Å². The molecule has 0 unspecified atom stereocenters. The summed E-state index contributed by atoms with van der Waals surface area (Å²) < 4.78 is 0. The van der Waals surface area contributed by atoms with E-state index in [1.54, 1.807) is 18.2 Å². The molecule has 3 N–H and O–H groups in total. The number of nitrogens with one attached hydrogen (secondary N) is 2. The number of aromatic hydroxyl groups is 1. The molecule has 1 amide bonds. The molecular weight excluding hydrogens is 222 g/mol. The Morgan fingerprint density at radius 1 is 1.41 bits per heavy atom. The third-order valence-corrected chi connectivity index (χ3v) is 2.05. The Labute approximate surface area is 96.0 Å². The molecule has 6 nitrogen and oxygen atoms in total. The highest BCUT2D eigenvalue weighted by molar-refractivity contribution is 6.05. The van der Waals surface area contributed by atoms with E-state index in [0.717, 1.165) is 12.3 Å². The lowest BCUT2D eigenvalue weighted by Crippen LogP contribution is -2.15. The first-order valence-electron chi connectivity index (χ1n) is 4.81. The van der Waals surface area contributed by atoms with Crippen LogP contribution >= 0.6 is 0 Å². The molecule has 0 bridgehead atoms. The first-order chi connectivity index (χ1) is 8.16. The van der Waals surface area contributed by atoms with Gasteiger partial charge in [-0.1, -0.05) is 6.07 Å². The number of carbonyl (C=O) groups excluding carboxylic acids is 1. The van der Waals surface area contributed by atoms with Crippen molar-refractivity contribution in [2.45, 2.75) is 0 Å². The van der Waals surface area contributed by atoms with Crippen LogP contribution in [0.15, 0.2) is 41.5 Å². The average molecular weight is 231 g/mol.